The van der Waals surface area contributed by atoms with Crippen LogP contribution in [0.25, 0.3) is 27.6 Å². The molecule has 0 saturated carbocycles. The van der Waals surface area contributed by atoms with E-state index in [9.17, 15) is 9.59 Å². The molecule has 6 rings (SSSR count). The molecule has 2 amide bonds. The number of nitrogens with zero attached hydrogens (tertiary/aromatic N) is 5. The molecule has 42 heavy (non-hydrogen) atoms. The number of aromatic nitrogens is 4. The van der Waals surface area contributed by atoms with Crippen molar-refractivity contribution in [2.24, 2.45) is 0 Å². The molecule has 2 aromatic carbocycles. The molecular weight excluding hydrogens is 539 g/mol. The molecule has 1 N–H and O–H groups in total. The Balaban J connectivity index is 1.38. The van der Waals surface area contributed by atoms with E-state index in [0.717, 1.165) is 16.7 Å². The largest absolute Gasteiger partial charge is 0.496 e. The van der Waals surface area contributed by atoms with Gasteiger partial charge < -0.3 is 24.3 Å². The molecule has 1 fully saturated rings. The predicted octanol–water partition coefficient (Wildman–Crippen LogP) is 4.14. The van der Waals surface area contributed by atoms with E-state index in [1.165, 1.54) is 0 Å². The number of halogens is 1. The maximum Gasteiger partial charge on any atom is 0.270 e. The standard InChI is InChI=1S/C31H33FN6O4/c1-20-18-37(14-15-42-20)31(40)26-17-25-24(22-7-3-4-8-27(22)41-2)16-23(29(32)30(25)34-26)21-6-5-11-36(19-21)28(39)9-12-38-13-10-33-35-38/h3-4,6-8,10,13,16-17,20,34H,5,9,11-12,14-15,18-19H2,1-2H3/t20-/m1/s1. The molecule has 0 aliphatic carbocycles. The van der Waals surface area contributed by atoms with E-state index >= 15 is 4.39 Å². The van der Waals surface area contributed by atoms with Gasteiger partial charge >= 0.3 is 0 Å². The lowest BCUT2D eigenvalue weighted by molar-refractivity contribution is -0.131. The van der Waals surface area contributed by atoms with Crippen molar-refractivity contribution in [1.29, 1.82) is 0 Å². The Labute approximate surface area is 242 Å². The van der Waals surface area contributed by atoms with Crippen LogP contribution in [0.2, 0.25) is 0 Å². The fourth-order valence-corrected chi connectivity index (χ4v) is 5.74. The molecule has 1 saturated heterocycles. The number of carbonyl (C=O) groups excluding carboxylic acids is 2. The van der Waals surface area contributed by atoms with E-state index in [0.29, 0.717) is 61.6 Å². The highest BCUT2D eigenvalue weighted by Gasteiger charge is 2.28. The maximum absolute atomic E-state index is 16.4. The first-order chi connectivity index (χ1) is 20.4. The first-order valence-electron chi connectivity index (χ1n) is 14.1. The van der Waals surface area contributed by atoms with Crippen LogP contribution in [0, 0.1) is 5.82 Å². The summed E-state index contributed by atoms with van der Waals surface area (Å²) in [6.45, 7) is 4.59. The molecule has 2 aromatic heterocycles. The molecule has 11 heteroatoms. The third kappa shape index (κ3) is 5.39. The number of H-pyrrole nitrogens is 1. The van der Waals surface area contributed by atoms with Gasteiger partial charge in [-0.3, -0.25) is 14.3 Å². The summed E-state index contributed by atoms with van der Waals surface area (Å²) in [6.07, 6.45) is 6.09. The van der Waals surface area contributed by atoms with Gasteiger partial charge in [-0.25, -0.2) is 4.39 Å². The van der Waals surface area contributed by atoms with Gasteiger partial charge in [-0.2, -0.15) is 0 Å². The number of carbonyl (C=O) groups is 2. The number of para-hydroxylation sites is 1. The average molecular weight is 573 g/mol. The highest BCUT2D eigenvalue weighted by atomic mass is 19.1. The minimum atomic E-state index is -0.457. The summed E-state index contributed by atoms with van der Waals surface area (Å²) >= 11 is 0. The van der Waals surface area contributed by atoms with Gasteiger partial charge in [-0.05, 0) is 42.7 Å². The van der Waals surface area contributed by atoms with Gasteiger partial charge in [-0.1, -0.05) is 29.5 Å². The molecule has 218 valence electrons. The van der Waals surface area contributed by atoms with Crippen LogP contribution in [-0.4, -0.2) is 87.6 Å². The van der Waals surface area contributed by atoms with Crippen LogP contribution in [0.1, 0.15) is 35.8 Å². The highest BCUT2D eigenvalue weighted by Crippen LogP contribution is 2.40. The normalized spacial score (nSPS) is 17.4. The molecule has 0 spiro atoms. The number of amides is 2. The lowest BCUT2D eigenvalue weighted by Crippen LogP contribution is -2.44. The predicted molar refractivity (Wildman–Crippen MR) is 155 cm³/mol. The van der Waals surface area contributed by atoms with Crippen molar-refractivity contribution in [1.82, 2.24) is 29.8 Å². The number of benzene rings is 2. The lowest BCUT2D eigenvalue weighted by atomic mass is 9.93. The third-order valence-corrected chi connectivity index (χ3v) is 7.88. The number of hydrogen-bond donors (Lipinski definition) is 1. The molecule has 0 unspecified atom stereocenters. The minimum Gasteiger partial charge on any atom is -0.496 e. The Morgan fingerprint density at radius 1 is 1.14 bits per heavy atom. The van der Waals surface area contributed by atoms with Crippen molar-refractivity contribution >= 4 is 28.3 Å². The van der Waals surface area contributed by atoms with E-state index < -0.39 is 5.82 Å². The summed E-state index contributed by atoms with van der Waals surface area (Å²) in [4.78, 5) is 33.1. The number of methoxy groups -OCH3 is 1. The molecule has 2 aliphatic heterocycles. The lowest BCUT2D eigenvalue weighted by Gasteiger charge is -2.30. The average Bonchev–Trinajstić information content (AvgIpc) is 3.71. The summed E-state index contributed by atoms with van der Waals surface area (Å²) in [7, 11) is 1.60. The number of aryl methyl sites for hydroxylation is 1. The number of ether oxygens (including phenoxy) is 2. The van der Waals surface area contributed by atoms with E-state index in [4.69, 9.17) is 9.47 Å². The van der Waals surface area contributed by atoms with Gasteiger partial charge in [0, 0.05) is 55.3 Å². The first kappa shape index (κ1) is 27.6. The molecule has 0 bridgehead atoms. The Hall–Kier alpha value is -4.51. The van der Waals surface area contributed by atoms with Crippen molar-refractivity contribution in [3.05, 3.63) is 71.9 Å². The van der Waals surface area contributed by atoms with Crippen LogP contribution in [0.5, 0.6) is 5.75 Å². The zero-order valence-electron chi connectivity index (χ0n) is 23.7. The molecule has 10 nitrogen and oxygen atoms in total. The Kier molecular flexibility index (Phi) is 7.75. The number of morpholine rings is 1. The molecule has 4 aromatic rings. The zero-order chi connectivity index (χ0) is 29.2. The molecule has 2 aliphatic rings. The number of hydrogen-bond acceptors (Lipinski definition) is 6. The second kappa shape index (κ2) is 11.8. The van der Waals surface area contributed by atoms with Crippen LogP contribution in [0.4, 0.5) is 4.39 Å². The quantitative estimate of drug-likeness (QED) is 0.357. The third-order valence-electron chi connectivity index (χ3n) is 7.88. The molecule has 1 atom stereocenters. The summed E-state index contributed by atoms with van der Waals surface area (Å²) in [5.74, 6) is -0.0551. The van der Waals surface area contributed by atoms with Gasteiger partial charge in [0.05, 0.1) is 38.1 Å². The fraction of sp³-hybridized carbons (Fsp3) is 0.355. The van der Waals surface area contributed by atoms with Gasteiger partial charge in [0.2, 0.25) is 5.91 Å². The SMILES string of the molecule is COc1ccccc1-c1cc(C2=CCCN(C(=O)CCn3ccnn3)C2)c(F)c2[nH]c(C(=O)N3CCO[C@H](C)C3)cc12. The topological polar surface area (TPSA) is 106 Å². The van der Waals surface area contributed by atoms with Crippen molar-refractivity contribution in [2.45, 2.75) is 32.4 Å². The number of nitrogens with one attached hydrogen (secondary N) is 1. The number of aromatic amines is 1. The van der Waals surface area contributed by atoms with Crippen LogP contribution in [0.15, 0.2) is 54.9 Å². The Bertz CT molecular complexity index is 1650. The van der Waals surface area contributed by atoms with Gasteiger partial charge in [0.25, 0.3) is 5.91 Å². The highest BCUT2D eigenvalue weighted by molar-refractivity contribution is 6.05. The van der Waals surface area contributed by atoms with E-state index in [2.05, 4.69) is 15.3 Å². The van der Waals surface area contributed by atoms with Gasteiger partial charge in [0.1, 0.15) is 11.4 Å². The second-order valence-corrected chi connectivity index (χ2v) is 10.6. The number of fused-ring (bicyclic) bond motifs is 1. The monoisotopic (exact) mass is 572 g/mol. The van der Waals surface area contributed by atoms with Gasteiger partial charge in [0.15, 0.2) is 5.82 Å². The summed E-state index contributed by atoms with van der Waals surface area (Å²) in [5.41, 5.74) is 3.18. The Morgan fingerprint density at radius 3 is 2.79 bits per heavy atom. The zero-order valence-corrected chi connectivity index (χ0v) is 23.7. The maximum atomic E-state index is 16.4. The fourth-order valence-electron chi connectivity index (χ4n) is 5.74. The van der Waals surface area contributed by atoms with E-state index in [1.807, 2.05) is 43.3 Å². The summed E-state index contributed by atoms with van der Waals surface area (Å²) < 4.78 is 29.3. The first-order valence-corrected chi connectivity index (χ1v) is 14.1. The molecular formula is C31H33FN6O4. The van der Waals surface area contributed by atoms with Crippen LogP contribution in [0.3, 0.4) is 0 Å². The van der Waals surface area contributed by atoms with Crippen LogP contribution >= 0.6 is 0 Å². The van der Waals surface area contributed by atoms with Crippen molar-refractivity contribution in [3.8, 4) is 16.9 Å². The second-order valence-electron chi connectivity index (χ2n) is 10.6. The van der Waals surface area contributed by atoms with Crippen molar-refractivity contribution in [2.75, 3.05) is 39.9 Å². The molecule has 0 radical (unpaired) electrons. The van der Waals surface area contributed by atoms with Crippen molar-refractivity contribution in [3.63, 3.8) is 0 Å². The smallest absolute Gasteiger partial charge is 0.270 e. The summed E-state index contributed by atoms with van der Waals surface area (Å²) in [6, 6.07) is 11.1. The van der Waals surface area contributed by atoms with Crippen LogP contribution in [-0.2, 0) is 16.1 Å². The minimum absolute atomic E-state index is 0.0324. The van der Waals surface area contributed by atoms with E-state index in [-0.39, 0.29) is 36.4 Å². The number of rotatable bonds is 7. The van der Waals surface area contributed by atoms with E-state index in [1.54, 1.807) is 40.1 Å². The van der Waals surface area contributed by atoms with Crippen LogP contribution < -0.4 is 4.74 Å². The Morgan fingerprint density at radius 2 is 2.00 bits per heavy atom. The summed E-state index contributed by atoms with van der Waals surface area (Å²) in [5, 5.41) is 8.29. The molecule has 4 heterocycles. The van der Waals surface area contributed by atoms with Crippen molar-refractivity contribution < 1.29 is 23.5 Å². The van der Waals surface area contributed by atoms with Gasteiger partial charge in [-0.15, -0.1) is 5.10 Å².